The van der Waals surface area contributed by atoms with E-state index in [4.69, 9.17) is 1.37 Å². The summed E-state index contributed by atoms with van der Waals surface area (Å²) in [6, 6.07) is 0. The third-order valence-electron chi connectivity index (χ3n) is 5.58. The molecule has 2 nitrogen and oxygen atoms in total. The number of alkyl halides is 15. The molecule has 2 fully saturated rings. The Kier molecular flexibility index (Phi) is 4.76. The second-order valence-electron chi connectivity index (χ2n) is 6.71. The van der Waals surface area contributed by atoms with Gasteiger partial charge in [-0.25, -0.2) is 17.6 Å². The van der Waals surface area contributed by atoms with Gasteiger partial charge < -0.3 is 4.89 Å². The van der Waals surface area contributed by atoms with Crippen LogP contribution in [0.4, 0.5) is 65.9 Å². The van der Waals surface area contributed by atoms with Gasteiger partial charge in [0.15, 0.2) is 11.7 Å². The Morgan fingerprint density at radius 2 is 1.29 bits per heavy atom. The van der Waals surface area contributed by atoms with E-state index in [0.717, 1.165) is 0 Å². The molecule has 31 heavy (non-hydrogen) atoms. The van der Waals surface area contributed by atoms with E-state index >= 15 is 8.78 Å². The van der Waals surface area contributed by atoms with Crippen LogP contribution in [0, 0.1) is 10.8 Å². The fourth-order valence-electron chi connectivity index (χ4n) is 4.23. The highest BCUT2D eigenvalue weighted by Gasteiger charge is 3.14. The van der Waals surface area contributed by atoms with Crippen LogP contribution in [0.15, 0.2) is 18.5 Å². The van der Waals surface area contributed by atoms with Crippen molar-refractivity contribution in [1.29, 1.82) is 0 Å². The summed E-state index contributed by atoms with van der Waals surface area (Å²) in [5, 5.41) is 0. The van der Waals surface area contributed by atoms with Crippen LogP contribution in [0.3, 0.4) is 0 Å². The van der Waals surface area contributed by atoms with Gasteiger partial charge in [-0.15, -0.1) is 0 Å². The molecular weight excluding hydrogens is 485 g/mol. The van der Waals surface area contributed by atoms with E-state index in [2.05, 4.69) is 16.4 Å². The summed E-state index contributed by atoms with van der Waals surface area (Å²) >= 11 is 0. The first kappa shape index (κ1) is 23.9. The van der Waals surface area contributed by atoms with Crippen LogP contribution in [-0.2, 0) is 9.78 Å². The van der Waals surface area contributed by atoms with Gasteiger partial charge in [-0.2, -0.15) is 53.2 Å². The summed E-state index contributed by atoms with van der Waals surface area (Å²) in [4.78, 5) is 6.94. The molecule has 3 unspecified atom stereocenters. The van der Waals surface area contributed by atoms with E-state index in [1.165, 1.54) is 5.73 Å². The maximum absolute atomic E-state index is 15.1. The van der Waals surface area contributed by atoms with E-state index in [9.17, 15) is 57.1 Å². The molecule has 0 radical (unpaired) electrons. The lowest BCUT2D eigenvalue weighted by atomic mass is 9.59. The molecule has 0 aromatic rings. The highest BCUT2D eigenvalue weighted by Crippen LogP contribution is 2.89. The van der Waals surface area contributed by atoms with Crippen molar-refractivity contribution in [3.63, 3.8) is 0 Å². The minimum Gasteiger partial charge on any atom is -0.337 e. The Labute approximate surface area is 162 Å². The Bertz CT molecular complexity index is 825. The van der Waals surface area contributed by atoms with Crippen LogP contribution < -0.4 is 0 Å². The molecule has 17 heteroatoms. The largest absolute Gasteiger partial charge is 0.406 e. The minimum atomic E-state index is -7.52. The zero-order valence-electron chi connectivity index (χ0n) is 15.1. The predicted octanol–water partition coefficient (Wildman–Crippen LogP) is 6.00. The maximum atomic E-state index is 15.1. The minimum absolute atomic E-state index is 1.41. The molecule has 0 aromatic carbocycles. The van der Waals surface area contributed by atoms with E-state index in [1.54, 1.807) is 0 Å². The molecular formula is C14H7F15O2. The average molecular weight is 494 g/mol. The van der Waals surface area contributed by atoms with Crippen LogP contribution in [0.2, 0.25) is 0 Å². The molecule has 3 atom stereocenters. The third-order valence-corrected chi connectivity index (χ3v) is 5.58. The number of fused-ring (bicyclic) bond motifs is 2. The lowest BCUT2D eigenvalue weighted by molar-refractivity contribution is -0.434. The summed E-state index contributed by atoms with van der Waals surface area (Å²) in [5.74, 6) is -14.6. The third kappa shape index (κ3) is 2.28. The predicted molar refractivity (Wildman–Crippen MR) is 66.0 cm³/mol. The van der Waals surface area contributed by atoms with Crippen LogP contribution in [0.5, 0.6) is 0 Å². The topological polar surface area (TPSA) is 18.5 Å². The second kappa shape index (κ2) is 6.17. The van der Waals surface area contributed by atoms with Crippen LogP contribution in [0.1, 0.15) is 7.79 Å². The van der Waals surface area contributed by atoms with Crippen molar-refractivity contribution >= 4 is 0 Å². The Balaban J connectivity index is 2.99. The van der Waals surface area contributed by atoms with Crippen molar-refractivity contribution in [1.82, 2.24) is 0 Å². The van der Waals surface area contributed by atoms with Gasteiger partial charge in [0.1, 0.15) is 7.98 Å². The fourth-order valence-corrected chi connectivity index (χ4v) is 4.23. The molecule has 2 saturated carbocycles. The zero-order valence-corrected chi connectivity index (χ0v) is 14.1. The summed E-state index contributed by atoms with van der Waals surface area (Å²) < 4.78 is 216. The Hall–Kier alpha value is -1.77. The lowest BCUT2D eigenvalue weighted by Crippen LogP contribution is -2.75. The number of rotatable bonds is 4. The van der Waals surface area contributed by atoms with Gasteiger partial charge in [0, 0.05) is 0 Å². The molecule has 2 rings (SSSR count). The summed E-state index contributed by atoms with van der Waals surface area (Å²) in [7, 11) is 0. The Morgan fingerprint density at radius 3 is 1.65 bits per heavy atom. The van der Waals surface area contributed by atoms with Crippen molar-refractivity contribution in [2.45, 2.75) is 48.1 Å². The monoisotopic (exact) mass is 494 g/mol. The van der Waals surface area contributed by atoms with Crippen molar-refractivity contribution < 1.29 is 77.0 Å². The van der Waals surface area contributed by atoms with Crippen molar-refractivity contribution in [3.8, 4) is 0 Å². The summed E-state index contributed by atoms with van der Waals surface area (Å²) in [6.45, 7) is -0.507. The first-order valence-corrected chi connectivity index (χ1v) is 7.41. The molecule has 2 aliphatic rings. The molecule has 0 aliphatic heterocycles. The van der Waals surface area contributed by atoms with E-state index in [0.29, 0.717) is 0 Å². The van der Waals surface area contributed by atoms with Crippen LogP contribution in [-0.4, -0.2) is 48.3 Å². The summed E-state index contributed by atoms with van der Waals surface area (Å²) in [6.07, 6.45) is -28.1. The molecule has 2 aliphatic carbocycles. The highest BCUT2D eigenvalue weighted by molar-refractivity contribution is 5.44. The zero-order chi connectivity index (χ0) is 25.6. The van der Waals surface area contributed by atoms with Crippen molar-refractivity contribution in [2.75, 3.05) is 6.61 Å². The number of hydrogen-bond acceptors (Lipinski definition) is 2. The van der Waals surface area contributed by atoms with Crippen molar-refractivity contribution in [2.24, 2.45) is 10.8 Å². The average Bonchev–Trinajstić information content (AvgIpc) is 2.80. The van der Waals surface area contributed by atoms with Gasteiger partial charge in [-0.1, -0.05) is 12.3 Å². The molecule has 0 amide bonds. The van der Waals surface area contributed by atoms with E-state index < -0.39 is 71.8 Å². The molecule has 180 valence electrons. The number of halogens is 15. The van der Waals surface area contributed by atoms with Gasteiger partial charge in [-0.05, 0) is 6.42 Å². The summed E-state index contributed by atoms with van der Waals surface area (Å²) in [5.41, 5.74) is -26.0. The SMILES string of the molecule is [3H]C(=C=C)OOCC1(F)C(F)(F)C2(F)C(F)(F)C1(C(F)(F)F)CC2(C(F)(F)F)C(F)(F)F. The van der Waals surface area contributed by atoms with Gasteiger partial charge in [0.05, 0.1) is 0 Å². The molecule has 0 spiro atoms. The van der Waals surface area contributed by atoms with E-state index in [1.807, 2.05) is 0 Å². The van der Waals surface area contributed by atoms with Gasteiger partial charge in [0.2, 0.25) is 11.1 Å². The highest BCUT2D eigenvalue weighted by atomic mass is 19.4. The van der Waals surface area contributed by atoms with Gasteiger partial charge in [0.25, 0.3) is 5.67 Å². The normalized spacial score (nSPS) is 36.7. The lowest BCUT2D eigenvalue weighted by Gasteiger charge is -2.51. The second-order valence-corrected chi connectivity index (χ2v) is 6.71. The first-order chi connectivity index (χ1) is 13.9. The smallest absolute Gasteiger partial charge is 0.337 e. The fraction of sp³-hybridized carbons (Fsp3) is 0.786. The van der Waals surface area contributed by atoms with Gasteiger partial charge >= 0.3 is 30.4 Å². The molecule has 0 saturated heterocycles. The van der Waals surface area contributed by atoms with Crippen LogP contribution in [0.25, 0.3) is 0 Å². The quantitative estimate of drug-likeness (QED) is 0.157. The maximum Gasteiger partial charge on any atom is 0.406 e. The first-order valence-electron chi connectivity index (χ1n) is 7.91. The van der Waals surface area contributed by atoms with Crippen LogP contribution >= 0.6 is 0 Å². The van der Waals surface area contributed by atoms with Gasteiger partial charge in [-0.3, -0.25) is 0 Å². The number of hydrogen-bond donors (Lipinski definition) is 0. The molecule has 0 aromatic heterocycles. The van der Waals surface area contributed by atoms with Crippen molar-refractivity contribution in [3.05, 3.63) is 18.5 Å². The van der Waals surface area contributed by atoms with E-state index in [-0.39, 0.29) is 0 Å². The molecule has 0 heterocycles. The Morgan fingerprint density at radius 1 is 0.839 bits per heavy atom. The molecule has 0 N–H and O–H groups in total. The standard InChI is InChI=1S/C14H7F15O2/c1-2-3-30-31-5-8(15)6(12(21,22)23)4-7(13(24,25)26,14(27,28)29)9(16,10(6,17)18)11(8,19)20/h3H,1,4-5H2/i3T. The molecule has 2 bridgehead atoms.